The van der Waals surface area contributed by atoms with E-state index in [0.29, 0.717) is 36.6 Å². The molecule has 1 aliphatic carbocycles. The third-order valence-corrected chi connectivity index (χ3v) is 6.34. The topological polar surface area (TPSA) is 132 Å². The average molecular weight is 496 g/mol. The standard InChI is InChI=1S/C26H29N3O7/c1-34-16-22(30)27-15-17-7-9-19(10-8-17)35-20-11-13-21(14-12-20)36-26(18-5-3-2-4-6-18)23(31)28-25(33)29-24(26)32/h7-14,18H,2-6,15-16H2,1H3,(H,27,30)(H2,28,29,31,32,33). The number of imide groups is 2. The highest BCUT2D eigenvalue weighted by molar-refractivity contribution is 6.22. The lowest BCUT2D eigenvalue weighted by atomic mass is 9.75. The van der Waals surface area contributed by atoms with Crippen LogP contribution in [0.15, 0.2) is 48.5 Å². The molecule has 1 saturated heterocycles. The Bertz CT molecular complexity index is 1090. The zero-order chi connectivity index (χ0) is 25.5. The van der Waals surface area contributed by atoms with Crippen molar-refractivity contribution < 1.29 is 33.4 Å². The summed E-state index contributed by atoms with van der Waals surface area (Å²) in [6.07, 6.45) is 4.11. The summed E-state index contributed by atoms with van der Waals surface area (Å²) in [6, 6.07) is 13.0. The van der Waals surface area contributed by atoms with Crippen LogP contribution in [0.25, 0.3) is 0 Å². The van der Waals surface area contributed by atoms with Gasteiger partial charge in [-0.2, -0.15) is 0 Å². The molecule has 0 spiro atoms. The van der Waals surface area contributed by atoms with Crippen molar-refractivity contribution in [2.45, 2.75) is 44.2 Å². The van der Waals surface area contributed by atoms with Gasteiger partial charge in [0, 0.05) is 19.6 Å². The van der Waals surface area contributed by atoms with E-state index in [1.807, 2.05) is 12.1 Å². The SMILES string of the molecule is COCC(=O)NCc1ccc(Oc2ccc(OC3(C4CCCCC4)C(=O)NC(=O)NC3=O)cc2)cc1. The van der Waals surface area contributed by atoms with Gasteiger partial charge in [-0.1, -0.05) is 31.4 Å². The van der Waals surface area contributed by atoms with Crippen LogP contribution in [-0.2, 0) is 25.7 Å². The maximum absolute atomic E-state index is 12.9. The largest absolute Gasteiger partial charge is 0.467 e. The maximum Gasteiger partial charge on any atom is 0.328 e. The van der Waals surface area contributed by atoms with E-state index in [9.17, 15) is 19.2 Å². The minimum atomic E-state index is -1.80. The molecule has 10 heteroatoms. The Morgan fingerprint density at radius 1 is 0.889 bits per heavy atom. The fraction of sp³-hybridized carbons (Fsp3) is 0.385. The molecule has 3 N–H and O–H groups in total. The summed E-state index contributed by atoms with van der Waals surface area (Å²) in [5.41, 5.74) is -0.892. The quantitative estimate of drug-likeness (QED) is 0.456. The first kappa shape index (κ1) is 25.2. The molecule has 36 heavy (non-hydrogen) atoms. The molecule has 4 rings (SSSR count). The Morgan fingerprint density at radius 2 is 1.44 bits per heavy atom. The van der Waals surface area contributed by atoms with Crippen molar-refractivity contribution in [3.8, 4) is 17.2 Å². The van der Waals surface area contributed by atoms with E-state index >= 15 is 0 Å². The smallest absolute Gasteiger partial charge is 0.328 e. The maximum atomic E-state index is 12.9. The van der Waals surface area contributed by atoms with Gasteiger partial charge in [0.25, 0.3) is 17.4 Å². The minimum Gasteiger partial charge on any atom is -0.467 e. The van der Waals surface area contributed by atoms with Gasteiger partial charge >= 0.3 is 6.03 Å². The van der Waals surface area contributed by atoms with E-state index in [1.54, 1.807) is 36.4 Å². The number of barbiturate groups is 1. The fourth-order valence-corrected chi connectivity index (χ4v) is 4.54. The summed E-state index contributed by atoms with van der Waals surface area (Å²) in [6.45, 7) is 0.389. The number of hydrogen-bond acceptors (Lipinski definition) is 7. The summed E-state index contributed by atoms with van der Waals surface area (Å²) in [5.74, 6) is -0.561. The van der Waals surface area contributed by atoms with Gasteiger partial charge in [0.1, 0.15) is 23.9 Å². The molecule has 0 aromatic heterocycles. The second kappa shape index (κ2) is 11.2. The number of carbonyl (C=O) groups excluding carboxylic acids is 4. The van der Waals surface area contributed by atoms with Gasteiger partial charge in [-0.3, -0.25) is 25.0 Å². The Kier molecular flexibility index (Phi) is 7.84. The normalized spacial score (nSPS) is 17.6. The molecule has 0 unspecified atom stereocenters. The summed E-state index contributed by atoms with van der Waals surface area (Å²) in [4.78, 5) is 49.0. The van der Waals surface area contributed by atoms with Gasteiger partial charge < -0.3 is 19.5 Å². The van der Waals surface area contributed by atoms with Crippen LogP contribution in [-0.4, -0.2) is 43.1 Å². The van der Waals surface area contributed by atoms with Crippen molar-refractivity contribution in [2.24, 2.45) is 5.92 Å². The predicted molar refractivity (Wildman–Crippen MR) is 128 cm³/mol. The average Bonchev–Trinajstić information content (AvgIpc) is 2.87. The number of urea groups is 1. The predicted octanol–water partition coefficient (Wildman–Crippen LogP) is 2.81. The van der Waals surface area contributed by atoms with E-state index in [0.717, 1.165) is 24.8 Å². The van der Waals surface area contributed by atoms with Crippen molar-refractivity contribution in [1.29, 1.82) is 0 Å². The summed E-state index contributed by atoms with van der Waals surface area (Å²) >= 11 is 0. The summed E-state index contributed by atoms with van der Waals surface area (Å²) in [7, 11) is 1.46. The van der Waals surface area contributed by atoms with Crippen molar-refractivity contribution in [1.82, 2.24) is 16.0 Å². The van der Waals surface area contributed by atoms with Crippen LogP contribution in [0, 0.1) is 5.92 Å². The van der Waals surface area contributed by atoms with Gasteiger partial charge in [-0.15, -0.1) is 0 Å². The van der Waals surface area contributed by atoms with Crippen molar-refractivity contribution in [3.63, 3.8) is 0 Å². The third-order valence-electron chi connectivity index (χ3n) is 6.34. The van der Waals surface area contributed by atoms with Crippen molar-refractivity contribution in [3.05, 3.63) is 54.1 Å². The van der Waals surface area contributed by atoms with Gasteiger partial charge in [0.15, 0.2) is 0 Å². The first-order valence-electron chi connectivity index (χ1n) is 11.9. The number of nitrogens with one attached hydrogen (secondary N) is 3. The molecule has 1 aliphatic heterocycles. The van der Waals surface area contributed by atoms with Gasteiger partial charge in [-0.05, 0) is 54.8 Å². The number of benzene rings is 2. The van der Waals surface area contributed by atoms with Gasteiger partial charge in [0.05, 0.1) is 0 Å². The van der Waals surface area contributed by atoms with E-state index in [2.05, 4.69) is 16.0 Å². The zero-order valence-electron chi connectivity index (χ0n) is 20.0. The Labute approximate surface area is 208 Å². The highest BCUT2D eigenvalue weighted by Gasteiger charge is 2.58. The molecule has 2 aliphatic rings. The second-order valence-corrected chi connectivity index (χ2v) is 8.84. The molecule has 0 atom stereocenters. The van der Waals surface area contributed by atoms with Crippen LogP contribution in [0.3, 0.4) is 0 Å². The molecule has 2 aromatic rings. The Balaban J connectivity index is 1.43. The number of rotatable bonds is 9. The lowest BCUT2D eigenvalue weighted by Gasteiger charge is -2.41. The van der Waals surface area contributed by atoms with Gasteiger partial charge in [0.2, 0.25) is 5.91 Å². The van der Waals surface area contributed by atoms with Crippen LogP contribution >= 0.6 is 0 Å². The molecule has 190 valence electrons. The van der Waals surface area contributed by atoms with Gasteiger partial charge in [-0.25, -0.2) is 4.79 Å². The first-order valence-corrected chi connectivity index (χ1v) is 11.9. The zero-order valence-corrected chi connectivity index (χ0v) is 20.0. The summed E-state index contributed by atoms with van der Waals surface area (Å²) < 4.78 is 16.7. The minimum absolute atomic E-state index is 0.0101. The monoisotopic (exact) mass is 495 g/mol. The first-order chi connectivity index (χ1) is 17.4. The van der Waals surface area contributed by atoms with Crippen LogP contribution in [0.5, 0.6) is 17.2 Å². The Hall–Kier alpha value is -3.92. The highest BCUT2D eigenvalue weighted by atomic mass is 16.5. The molecule has 5 amide bonds. The van der Waals surface area contributed by atoms with Crippen LogP contribution in [0.4, 0.5) is 4.79 Å². The van der Waals surface area contributed by atoms with Crippen molar-refractivity contribution >= 4 is 23.8 Å². The number of methoxy groups -OCH3 is 1. The van der Waals surface area contributed by atoms with Crippen LogP contribution < -0.4 is 25.4 Å². The van der Waals surface area contributed by atoms with E-state index in [-0.39, 0.29) is 18.4 Å². The Morgan fingerprint density at radius 3 is 2.03 bits per heavy atom. The molecule has 0 radical (unpaired) electrons. The lowest BCUT2D eigenvalue weighted by Crippen LogP contribution is -2.72. The second-order valence-electron chi connectivity index (χ2n) is 8.84. The highest BCUT2D eigenvalue weighted by Crippen LogP contribution is 2.38. The fourth-order valence-electron chi connectivity index (χ4n) is 4.54. The molecule has 2 aromatic carbocycles. The van der Waals surface area contributed by atoms with Crippen molar-refractivity contribution in [2.75, 3.05) is 13.7 Å². The van der Waals surface area contributed by atoms with Crippen LogP contribution in [0.1, 0.15) is 37.7 Å². The van der Waals surface area contributed by atoms with E-state index < -0.39 is 23.4 Å². The molecule has 0 bridgehead atoms. The molecule has 10 nitrogen and oxygen atoms in total. The number of carbonyl (C=O) groups is 4. The molecule has 1 saturated carbocycles. The molecule has 2 fully saturated rings. The summed E-state index contributed by atoms with van der Waals surface area (Å²) in [5, 5.41) is 7.15. The molecular weight excluding hydrogens is 466 g/mol. The third kappa shape index (κ3) is 5.65. The van der Waals surface area contributed by atoms with Crippen LogP contribution in [0.2, 0.25) is 0 Å². The van der Waals surface area contributed by atoms with E-state index in [4.69, 9.17) is 14.2 Å². The lowest BCUT2D eigenvalue weighted by molar-refractivity contribution is -0.158. The molecular formula is C26H29N3O7. The number of amides is 5. The number of hydrogen-bond donors (Lipinski definition) is 3. The molecule has 1 heterocycles. The van der Waals surface area contributed by atoms with E-state index in [1.165, 1.54) is 7.11 Å². The number of ether oxygens (including phenoxy) is 3.